The molecule has 1 atom stereocenters. The Kier molecular flexibility index (Phi) is 4.64. The van der Waals surface area contributed by atoms with Crippen LogP contribution in [0.15, 0.2) is 18.3 Å². The van der Waals surface area contributed by atoms with Crippen molar-refractivity contribution < 1.29 is 27.9 Å². The second-order valence-electron chi connectivity index (χ2n) is 6.26. The number of amides is 1. The minimum Gasteiger partial charge on any atom is -0.478 e. The van der Waals surface area contributed by atoms with E-state index < -0.39 is 24.1 Å². The smallest absolute Gasteiger partial charge is 0.408 e. The van der Waals surface area contributed by atoms with Gasteiger partial charge in [-0.1, -0.05) is 6.92 Å². The van der Waals surface area contributed by atoms with Gasteiger partial charge in [-0.15, -0.1) is 0 Å². The second-order valence-corrected chi connectivity index (χ2v) is 6.26. The molecule has 6 nitrogen and oxygen atoms in total. The van der Waals surface area contributed by atoms with E-state index in [1.807, 2.05) is 0 Å². The highest BCUT2D eigenvalue weighted by Crippen LogP contribution is 2.33. The number of rotatable bonds is 3. The van der Waals surface area contributed by atoms with E-state index in [2.05, 4.69) is 4.98 Å². The van der Waals surface area contributed by atoms with Crippen LogP contribution in [-0.4, -0.2) is 50.0 Å². The van der Waals surface area contributed by atoms with E-state index in [0.29, 0.717) is 25.0 Å². The number of carboxylic acid groups (broad SMARTS) is 1. The predicted octanol–water partition coefficient (Wildman–Crippen LogP) is 3.15. The third kappa shape index (κ3) is 3.13. The molecule has 3 rings (SSSR count). The Morgan fingerprint density at radius 1 is 1.35 bits per heavy atom. The molecule has 0 spiro atoms. The summed E-state index contributed by atoms with van der Waals surface area (Å²) >= 11 is 0. The first-order valence-corrected chi connectivity index (χ1v) is 8.36. The number of halogens is 3. The van der Waals surface area contributed by atoms with Crippen molar-refractivity contribution in [3.05, 3.63) is 35.3 Å². The van der Waals surface area contributed by atoms with Crippen molar-refractivity contribution in [1.82, 2.24) is 14.3 Å². The molecule has 9 heteroatoms. The molecular formula is C17H18F3N3O3. The van der Waals surface area contributed by atoms with Crippen molar-refractivity contribution >= 4 is 17.5 Å². The fourth-order valence-corrected chi connectivity index (χ4v) is 3.39. The fourth-order valence-electron chi connectivity index (χ4n) is 3.39. The number of nitrogens with zero attached hydrogens (tertiary/aromatic N) is 3. The molecule has 1 aliphatic heterocycles. The molecule has 26 heavy (non-hydrogen) atoms. The van der Waals surface area contributed by atoms with Gasteiger partial charge in [0.25, 0.3) is 5.91 Å². The molecule has 2 aromatic heterocycles. The summed E-state index contributed by atoms with van der Waals surface area (Å²) in [4.78, 5) is 29.0. The van der Waals surface area contributed by atoms with E-state index in [-0.39, 0.29) is 29.9 Å². The van der Waals surface area contributed by atoms with Gasteiger partial charge in [0.15, 0.2) is 5.69 Å². The van der Waals surface area contributed by atoms with E-state index >= 15 is 0 Å². The standard InChI is InChI=1S/C17H18F3N3O3/c1-2-11-14(21-13-9-10(16(25)26)6-8-22(11)13)15(24)23-7-4-3-5-12(23)17(18,19)20/h6,8-9,12H,2-5,7H2,1H3,(H,25,26). The number of carboxylic acids is 1. The average Bonchev–Trinajstić information content (AvgIpc) is 2.97. The van der Waals surface area contributed by atoms with Crippen LogP contribution in [0, 0.1) is 0 Å². The lowest BCUT2D eigenvalue weighted by molar-refractivity contribution is -0.183. The van der Waals surface area contributed by atoms with Crippen LogP contribution < -0.4 is 0 Å². The third-order valence-corrected chi connectivity index (χ3v) is 4.65. The number of fused-ring (bicyclic) bond motifs is 1. The van der Waals surface area contributed by atoms with E-state index in [4.69, 9.17) is 5.11 Å². The summed E-state index contributed by atoms with van der Waals surface area (Å²) in [5.74, 6) is -1.90. The summed E-state index contributed by atoms with van der Waals surface area (Å²) in [7, 11) is 0. The number of likely N-dealkylation sites (tertiary alicyclic amines) is 1. The Morgan fingerprint density at radius 3 is 2.69 bits per heavy atom. The summed E-state index contributed by atoms with van der Waals surface area (Å²) in [6.07, 6.45) is -1.83. The van der Waals surface area contributed by atoms with Crippen LogP contribution in [0.2, 0.25) is 0 Å². The lowest BCUT2D eigenvalue weighted by Gasteiger charge is -2.36. The highest BCUT2D eigenvalue weighted by atomic mass is 19.4. The molecule has 1 unspecified atom stereocenters. The molecule has 140 valence electrons. The molecule has 3 heterocycles. The van der Waals surface area contributed by atoms with Gasteiger partial charge in [0.1, 0.15) is 11.7 Å². The molecule has 1 saturated heterocycles. The molecular weight excluding hydrogens is 351 g/mol. The third-order valence-electron chi connectivity index (χ3n) is 4.65. The number of aromatic carboxylic acids is 1. The maximum Gasteiger partial charge on any atom is 0.408 e. The zero-order valence-electron chi connectivity index (χ0n) is 14.1. The molecule has 1 fully saturated rings. The summed E-state index contributed by atoms with van der Waals surface area (Å²) in [6, 6.07) is 0.854. The number of carbonyl (C=O) groups is 2. The lowest BCUT2D eigenvalue weighted by Crippen LogP contribution is -2.51. The fraction of sp³-hybridized carbons (Fsp3) is 0.471. The summed E-state index contributed by atoms with van der Waals surface area (Å²) < 4.78 is 41.5. The van der Waals surface area contributed by atoms with Gasteiger partial charge in [-0.3, -0.25) is 4.79 Å². The molecule has 0 aliphatic carbocycles. The van der Waals surface area contributed by atoms with Gasteiger partial charge in [0, 0.05) is 12.7 Å². The summed E-state index contributed by atoms with van der Waals surface area (Å²) in [5.41, 5.74) is 0.639. The minimum atomic E-state index is -4.49. The van der Waals surface area contributed by atoms with E-state index in [9.17, 15) is 22.8 Å². The molecule has 1 aliphatic rings. The van der Waals surface area contributed by atoms with Gasteiger partial charge in [-0.25, -0.2) is 9.78 Å². The Hall–Kier alpha value is -2.58. The highest BCUT2D eigenvalue weighted by molar-refractivity contribution is 5.95. The highest BCUT2D eigenvalue weighted by Gasteiger charge is 2.47. The summed E-state index contributed by atoms with van der Waals surface area (Å²) in [5, 5.41) is 9.08. The number of hydrogen-bond acceptors (Lipinski definition) is 3. The zero-order valence-corrected chi connectivity index (χ0v) is 14.1. The first-order chi connectivity index (χ1) is 12.2. The number of aryl methyl sites for hydroxylation is 1. The van der Waals surface area contributed by atoms with Gasteiger partial charge in [-0.2, -0.15) is 13.2 Å². The molecule has 1 amide bonds. The molecule has 0 bridgehead atoms. The van der Waals surface area contributed by atoms with Crippen LogP contribution in [0.4, 0.5) is 13.2 Å². The van der Waals surface area contributed by atoms with Gasteiger partial charge in [-0.05, 0) is 37.8 Å². The Bertz CT molecular complexity index is 860. The number of imidazole rings is 1. The number of alkyl halides is 3. The number of aromatic nitrogens is 2. The minimum absolute atomic E-state index is 0.00436. The van der Waals surface area contributed by atoms with Crippen LogP contribution in [0.3, 0.4) is 0 Å². The van der Waals surface area contributed by atoms with Crippen molar-refractivity contribution in [3.8, 4) is 0 Å². The van der Waals surface area contributed by atoms with E-state index in [0.717, 1.165) is 4.90 Å². The predicted molar refractivity (Wildman–Crippen MR) is 86.3 cm³/mol. The zero-order chi connectivity index (χ0) is 19.1. The van der Waals surface area contributed by atoms with Gasteiger partial charge >= 0.3 is 12.1 Å². The van der Waals surface area contributed by atoms with Crippen molar-refractivity contribution in [2.75, 3.05) is 6.54 Å². The van der Waals surface area contributed by atoms with Crippen molar-refractivity contribution in [2.24, 2.45) is 0 Å². The van der Waals surface area contributed by atoms with Crippen LogP contribution in [0.25, 0.3) is 5.65 Å². The van der Waals surface area contributed by atoms with Crippen LogP contribution in [0.5, 0.6) is 0 Å². The largest absolute Gasteiger partial charge is 0.478 e. The van der Waals surface area contributed by atoms with Crippen molar-refractivity contribution in [2.45, 2.75) is 44.8 Å². The normalized spacial score (nSPS) is 18.3. The van der Waals surface area contributed by atoms with Gasteiger partial charge in [0.2, 0.25) is 0 Å². The Balaban J connectivity index is 2.05. The molecule has 0 saturated carbocycles. The SMILES string of the molecule is CCc1c(C(=O)N2CCCCC2C(F)(F)F)nc2cc(C(=O)O)ccn12. The maximum absolute atomic E-state index is 13.3. The molecule has 1 N–H and O–H groups in total. The second kappa shape index (κ2) is 6.62. The number of pyridine rings is 1. The van der Waals surface area contributed by atoms with E-state index in [1.54, 1.807) is 11.3 Å². The van der Waals surface area contributed by atoms with Crippen molar-refractivity contribution in [3.63, 3.8) is 0 Å². The van der Waals surface area contributed by atoms with Crippen LogP contribution >= 0.6 is 0 Å². The summed E-state index contributed by atoms with van der Waals surface area (Å²) in [6.45, 7) is 1.79. The van der Waals surface area contributed by atoms with Crippen molar-refractivity contribution in [1.29, 1.82) is 0 Å². The maximum atomic E-state index is 13.3. The molecule has 0 radical (unpaired) electrons. The van der Waals surface area contributed by atoms with E-state index in [1.165, 1.54) is 18.3 Å². The monoisotopic (exact) mass is 369 g/mol. The number of hydrogen-bond donors (Lipinski definition) is 1. The Morgan fingerprint density at radius 2 is 2.08 bits per heavy atom. The number of carbonyl (C=O) groups excluding carboxylic acids is 1. The molecule has 2 aromatic rings. The average molecular weight is 369 g/mol. The van der Waals surface area contributed by atoms with Crippen LogP contribution in [-0.2, 0) is 6.42 Å². The quantitative estimate of drug-likeness (QED) is 0.902. The first kappa shape index (κ1) is 18.2. The lowest BCUT2D eigenvalue weighted by atomic mass is 10.0. The van der Waals surface area contributed by atoms with Gasteiger partial charge in [0.05, 0.1) is 11.3 Å². The number of piperidine rings is 1. The van der Waals surface area contributed by atoms with Crippen LogP contribution in [0.1, 0.15) is 52.7 Å². The topological polar surface area (TPSA) is 74.9 Å². The van der Waals surface area contributed by atoms with Gasteiger partial charge < -0.3 is 14.4 Å². The Labute approximate surface area is 147 Å². The molecule has 0 aromatic carbocycles. The first-order valence-electron chi connectivity index (χ1n) is 8.36.